The quantitative estimate of drug-likeness (QED) is 0.449. The summed E-state index contributed by atoms with van der Waals surface area (Å²) in [5.41, 5.74) is 0. The van der Waals surface area contributed by atoms with E-state index in [2.05, 4.69) is 0 Å². The number of rotatable bonds is 7. The lowest BCUT2D eigenvalue weighted by molar-refractivity contribution is -0.313. The Kier molecular flexibility index (Phi) is 6.04. The zero-order chi connectivity index (χ0) is 12.9. The maximum atomic E-state index is 11.2. The normalized spacial score (nSPS) is 13.9. The Morgan fingerprint density at radius 2 is 1.81 bits per heavy atom. The zero-order valence-corrected chi connectivity index (χ0v) is 10.1. The SMILES string of the molecule is CC(C)CC(=O)C(=O)C(O)CCP(=O)([O-])[O-]. The van der Waals surface area contributed by atoms with Crippen molar-refractivity contribution in [2.24, 2.45) is 5.92 Å². The monoisotopic (exact) mass is 250 g/mol. The standard InChI is InChI=1S/C9H17O6P/c1-6(2)5-8(11)9(12)7(10)3-4-16(13,14)15/h6-7,10H,3-5H2,1-2H3,(H2,13,14,15)/p-2. The van der Waals surface area contributed by atoms with Crippen LogP contribution in [-0.2, 0) is 14.2 Å². The number of aliphatic hydroxyl groups is 1. The largest absolute Gasteiger partial charge is 0.811 e. The van der Waals surface area contributed by atoms with Gasteiger partial charge in [-0.15, -0.1) is 0 Å². The van der Waals surface area contributed by atoms with Gasteiger partial charge in [0.15, 0.2) is 0 Å². The molecule has 1 atom stereocenters. The molecule has 0 amide bonds. The fourth-order valence-electron chi connectivity index (χ4n) is 1.07. The average Bonchev–Trinajstić information content (AvgIpc) is 2.10. The molecule has 94 valence electrons. The van der Waals surface area contributed by atoms with Crippen LogP contribution in [0.25, 0.3) is 0 Å². The summed E-state index contributed by atoms with van der Waals surface area (Å²) < 4.78 is 10.3. The molecule has 0 heterocycles. The molecule has 0 aromatic heterocycles. The van der Waals surface area contributed by atoms with Crippen molar-refractivity contribution < 1.29 is 29.0 Å². The number of hydrogen-bond acceptors (Lipinski definition) is 6. The van der Waals surface area contributed by atoms with Gasteiger partial charge in [-0.3, -0.25) is 9.59 Å². The highest BCUT2D eigenvalue weighted by atomic mass is 31.2. The molecule has 6 nitrogen and oxygen atoms in total. The minimum Gasteiger partial charge on any atom is -0.811 e. The van der Waals surface area contributed by atoms with E-state index in [0.29, 0.717) is 0 Å². The van der Waals surface area contributed by atoms with Crippen LogP contribution in [0.5, 0.6) is 0 Å². The van der Waals surface area contributed by atoms with Gasteiger partial charge in [-0.05, 0) is 18.5 Å². The van der Waals surface area contributed by atoms with Crippen molar-refractivity contribution in [1.29, 1.82) is 0 Å². The maximum Gasteiger partial charge on any atom is 0.226 e. The van der Waals surface area contributed by atoms with Crippen molar-refractivity contribution in [3.05, 3.63) is 0 Å². The summed E-state index contributed by atoms with van der Waals surface area (Å²) in [6, 6.07) is 0. The lowest BCUT2D eigenvalue weighted by atomic mass is 10.0. The molecule has 7 heteroatoms. The molecule has 0 aliphatic heterocycles. The van der Waals surface area contributed by atoms with Crippen LogP contribution >= 0.6 is 7.60 Å². The van der Waals surface area contributed by atoms with E-state index in [0.717, 1.165) is 0 Å². The maximum absolute atomic E-state index is 11.2. The molecule has 16 heavy (non-hydrogen) atoms. The minimum absolute atomic E-state index is 0.00229. The van der Waals surface area contributed by atoms with Crippen molar-refractivity contribution in [2.75, 3.05) is 6.16 Å². The number of carbonyl (C=O) groups is 2. The first kappa shape index (κ1) is 15.4. The highest BCUT2D eigenvalue weighted by Gasteiger charge is 2.23. The topological polar surface area (TPSA) is 118 Å². The molecular weight excluding hydrogens is 235 g/mol. The van der Waals surface area contributed by atoms with Crippen LogP contribution in [0.2, 0.25) is 0 Å². The van der Waals surface area contributed by atoms with E-state index < -0.39 is 37.8 Å². The van der Waals surface area contributed by atoms with Gasteiger partial charge < -0.3 is 19.5 Å². The van der Waals surface area contributed by atoms with Gasteiger partial charge in [0.05, 0.1) is 0 Å². The smallest absolute Gasteiger partial charge is 0.226 e. The third kappa shape index (κ3) is 6.85. The second-order valence-corrected chi connectivity index (χ2v) is 5.69. The summed E-state index contributed by atoms with van der Waals surface area (Å²) in [6.07, 6.45) is -3.04. The highest BCUT2D eigenvalue weighted by molar-refractivity contribution is 7.48. The molecule has 0 saturated heterocycles. The molecule has 0 fully saturated rings. The second kappa shape index (κ2) is 6.25. The van der Waals surface area contributed by atoms with Crippen LogP contribution in [0.1, 0.15) is 26.7 Å². The Morgan fingerprint density at radius 3 is 2.19 bits per heavy atom. The summed E-state index contributed by atoms with van der Waals surface area (Å²) >= 11 is 0. The second-order valence-electron chi connectivity index (χ2n) is 4.02. The Morgan fingerprint density at radius 1 is 1.31 bits per heavy atom. The van der Waals surface area contributed by atoms with Gasteiger partial charge in [0.25, 0.3) is 0 Å². The van der Waals surface area contributed by atoms with Gasteiger partial charge in [-0.25, -0.2) is 0 Å². The molecule has 0 aromatic rings. The van der Waals surface area contributed by atoms with Crippen molar-refractivity contribution in [1.82, 2.24) is 0 Å². The van der Waals surface area contributed by atoms with E-state index in [1.165, 1.54) is 0 Å². The molecule has 0 aliphatic carbocycles. The first-order chi connectivity index (χ1) is 7.13. The predicted molar refractivity (Wildman–Crippen MR) is 52.6 cm³/mol. The summed E-state index contributed by atoms with van der Waals surface area (Å²) in [5, 5.41) is 9.20. The molecule has 0 aliphatic rings. The average molecular weight is 250 g/mol. The van der Waals surface area contributed by atoms with Crippen molar-refractivity contribution in [2.45, 2.75) is 32.8 Å². The predicted octanol–water partition coefficient (Wildman–Crippen LogP) is -1.16. The summed E-state index contributed by atoms with van der Waals surface area (Å²) in [6.45, 7) is 3.47. The van der Waals surface area contributed by atoms with Crippen LogP contribution in [0.4, 0.5) is 0 Å². The van der Waals surface area contributed by atoms with Gasteiger partial charge in [-0.2, -0.15) is 0 Å². The molecule has 0 radical (unpaired) electrons. The molecule has 0 spiro atoms. The fraction of sp³-hybridized carbons (Fsp3) is 0.778. The summed E-state index contributed by atoms with van der Waals surface area (Å²) in [7, 11) is -4.74. The van der Waals surface area contributed by atoms with Crippen LogP contribution in [0.3, 0.4) is 0 Å². The van der Waals surface area contributed by atoms with E-state index in [-0.39, 0.29) is 12.3 Å². The summed E-state index contributed by atoms with van der Waals surface area (Å²) in [5.74, 6) is -1.79. The van der Waals surface area contributed by atoms with Crippen LogP contribution in [0.15, 0.2) is 0 Å². The Labute approximate surface area is 93.8 Å². The number of ketones is 2. The first-order valence-electron chi connectivity index (χ1n) is 4.89. The van der Waals surface area contributed by atoms with E-state index in [1.54, 1.807) is 13.8 Å². The van der Waals surface area contributed by atoms with Crippen LogP contribution in [-0.4, -0.2) is 28.9 Å². The number of aliphatic hydroxyl groups excluding tert-OH is 1. The number of carbonyl (C=O) groups excluding carboxylic acids is 2. The number of hydrogen-bond donors (Lipinski definition) is 1. The molecule has 1 N–H and O–H groups in total. The van der Waals surface area contributed by atoms with Crippen molar-refractivity contribution in [3.8, 4) is 0 Å². The molecule has 0 saturated carbocycles. The highest BCUT2D eigenvalue weighted by Crippen LogP contribution is 2.24. The lowest BCUT2D eigenvalue weighted by Gasteiger charge is -2.29. The zero-order valence-electron chi connectivity index (χ0n) is 9.21. The fourth-order valence-corrected chi connectivity index (χ4v) is 1.63. The number of Topliss-reactive ketones (excluding diaryl/α,β-unsaturated/α-hetero) is 2. The van der Waals surface area contributed by atoms with Gasteiger partial charge in [0.1, 0.15) is 6.10 Å². The van der Waals surface area contributed by atoms with Gasteiger partial charge in [-0.1, -0.05) is 21.4 Å². The van der Waals surface area contributed by atoms with E-state index >= 15 is 0 Å². The van der Waals surface area contributed by atoms with E-state index in [4.69, 9.17) is 0 Å². The molecule has 0 bridgehead atoms. The molecule has 0 rings (SSSR count). The lowest BCUT2D eigenvalue weighted by Crippen LogP contribution is -2.31. The molecule has 0 aromatic carbocycles. The molecular formula is C9H15O6P-2. The first-order valence-corrected chi connectivity index (χ1v) is 6.62. The van der Waals surface area contributed by atoms with Gasteiger partial charge >= 0.3 is 0 Å². The minimum atomic E-state index is -4.74. The third-order valence-electron chi connectivity index (χ3n) is 1.85. The Hall–Kier alpha value is -0.550. The van der Waals surface area contributed by atoms with Crippen LogP contribution < -0.4 is 9.79 Å². The van der Waals surface area contributed by atoms with Crippen LogP contribution in [0, 0.1) is 5.92 Å². The van der Waals surface area contributed by atoms with E-state index in [1.807, 2.05) is 0 Å². The van der Waals surface area contributed by atoms with Gasteiger partial charge in [0, 0.05) is 6.42 Å². The third-order valence-corrected chi connectivity index (χ3v) is 2.65. The summed E-state index contributed by atoms with van der Waals surface area (Å²) in [4.78, 5) is 42.9. The molecule has 1 unspecified atom stereocenters. The van der Waals surface area contributed by atoms with Crippen molar-refractivity contribution in [3.63, 3.8) is 0 Å². The van der Waals surface area contributed by atoms with E-state index in [9.17, 15) is 29.0 Å². The van der Waals surface area contributed by atoms with Gasteiger partial charge in [0.2, 0.25) is 11.6 Å². The Balaban J connectivity index is 4.19. The van der Waals surface area contributed by atoms with Crippen molar-refractivity contribution >= 4 is 19.2 Å². The Bertz CT molecular complexity index is 305.